The number of nitrogens with zero attached hydrogens (tertiary/aromatic N) is 2. The molecule has 0 bridgehead atoms. The van der Waals surface area contributed by atoms with Gasteiger partial charge in [0.15, 0.2) is 5.78 Å². The normalized spacial score (nSPS) is 17.6. The summed E-state index contributed by atoms with van der Waals surface area (Å²) in [6, 6.07) is 23.1. The van der Waals surface area contributed by atoms with Crippen molar-refractivity contribution in [1.29, 1.82) is 0 Å². The van der Waals surface area contributed by atoms with E-state index in [1.165, 1.54) is 7.11 Å². The molecule has 0 saturated carbocycles. The van der Waals surface area contributed by atoms with Crippen LogP contribution >= 0.6 is 11.8 Å². The van der Waals surface area contributed by atoms with Crippen LogP contribution in [0.15, 0.2) is 85.3 Å². The molecule has 0 radical (unpaired) electrons. The highest BCUT2D eigenvalue weighted by Gasteiger charge is 2.42. The topological polar surface area (TPSA) is 112 Å². The number of carbonyl (C=O) groups is 3. The van der Waals surface area contributed by atoms with E-state index in [0.717, 1.165) is 34.1 Å². The van der Waals surface area contributed by atoms with Crippen molar-refractivity contribution in [2.45, 2.75) is 49.8 Å². The molecule has 4 aromatic rings. The second-order valence-corrected chi connectivity index (χ2v) is 12.3. The number of aromatic nitrogens is 2. The van der Waals surface area contributed by atoms with Gasteiger partial charge >= 0.3 is 5.97 Å². The van der Waals surface area contributed by atoms with E-state index in [0.29, 0.717) is 31.6 Å². The van der Waals surface area contributed by atoms with Crippen molar-refractivity contribution in [1.82, 2.24) is 20.2 Å². The summed E-state index contributed by atoms with van der Waals surface area (Å²) >= 11 is 1.58. The Morgan fingerprint density at radius 1 is 1.07 bits per heavy atom. The minimum Gasteiger partial charge on any atom is -0.467 e. The second kappa shape index (κ2) is 15.3. The average molecular weight is 629 g/mol. The van der Waals surface area contributed by atoms with Gasteiger partial charge in [0.1, 0.15) is 17.7 Å². The first kappa shape index (κ1) is 32.4. The molecule has 45 heavy (non-hydrogen) atoms. The summed E-state index contributed by atoms with van der Waals surface area (Å²) in [5.41, 5.74) is 1.67. The molecule has 3 atom stereocenters. The number of thioether (sulfide) groups is 1. The van der Waals surface area contributed by atoms with Crippen LogP contribution in [0, 0.1) is 0 Å². The highest BCUT2D eigenvalue weighted by Crippen LogP contribution is 2.26. The van der Waals surface area contributed by atoms with Gasteiger partial charge < -0.3 is 24.7 Å². The Balaban J connectivity index is 1.33. The minimum atomic E-state index is -0.950. The van der Waals surface area contributed by atoms with Crippen LogP contribution in [0.1, 0.15) is 30.5 Å². The molecular formula is C35H40N4O5S. The molecule has 1 aliphatic heterocycles. The highest BCUT2D eigenvalue weighted by molar-refractivity contribution is 7.98. The van der Waals surface area contributed by atoms with Crippen molar-refractivity contribution in [3.05, 3.63) is 96.6 Å². The monoisotopic (exact) mass is 628 g/mol. The van der Waals surface area contributed by atoms with E-state index < -0.39 is 29.6 Å². The summed E-state index contributed by atoms with van der Waals surface area (Å²) in [4.78, 5) is 44.5. The minimum absolute atomic E-state index is 0.0196. The number of rotatable bonds is 15. The fourth-order valence-corrected chi connectivity index (χ4v) is 6.26. The molecule has 3 aromatic carbocycles. The molecule has 5 rings (SSSR count). The van der Waals surface area contributed by atoms with E-state index in [9.17, 15) is 14.4 Å². The number of fused-ring (bicyclic) bond motifs is 1. The third kappa shape index (κ3) is 8.00. The number of Topliss-reactive ketones (excluding diaryl/α,β-unsaturated/α-hetero) is 1. The van der Waals surface area contributed by atoms with Crippen LogP contribution in [0.25, 0.3) is 16.5 Å². The fourth-order valence-electron chi connectivity index (χ4n) is 5.78. The summed E-state index contributed by atoms with van der Waals surface area (Å²) in [7, 11) is 1.31. The first-order chi connectivity index (χ1) is 21.9. The number of amides is 1. The number of hydrogen-bond donors (Lipinski definition) is 2. The van der Waals surface area contributed by atoms with Crippen LogP contribution in [0.5, 0.6) is 0 Å². The molecule has 0 spiro atoms. The first-order valence-corrected chi connectivity index (χ1v) is 16.6. The van der Waals surface area contributed by atoms with E-state index in [1.807, 2.05) is 59.4 Å². The lowest BCUT2D eigenvalue weighted by Crippen LogP contribution is -2.54. The Bertz CT molecular complexity index is 1600. The van der Waals surface area contributed by atoms with Gasteiger partial charge in [-0.3, -0.25) is 9.59 Å². The van der Waals surface area contributed by atoms with Crippen molar-refractivity contribution >= 4 is 40.2 Å². The van der Waals surface area contributed by atoms with Crippen molar-refractivity contribution in [3.63, 3.8) is 0 Å². The van der Waals surface area contributed by atoms with Gasteiger partial charge in [0.2, 0.25) is 5.91 Å². The average Bonchev–Trinajstić information content (AvgIpc) is 3.75. The fraction of sp³-hybridized carbons (Fsp3) is 0.371. The van der Waals surface area contributed by atoms with Gasteiger partial charge in [0.25, 0.3) is 0 Å². The third-order valence-electron chi connectivity index (χ3n) is 8.35. The van der Waals surface area contributed by atoms with Gasteiger partial charge in [-0.15, -0.1) is 0 Å². The van der Waals surface area contributed by atoms with E-state index in [1.54, 1.807) is 24.3 Å². The summed E-state index contributed by atoms with van der Waals surface area (Å²) in [6.07, 6.45) is 6.77. The van der Waals surface area contributed by atoms with Gasteiger partial charge in [0, 0.05) is 24.0 Å². The maximum Gasteiger partial charge on any atom is 0.328 e. The number of hydrogen-bond acceptors (Lipinski definition) is 8. The number of nitrogens with one attached hydrogen (secondary N) is 2. The first-order valence-electron chi connectivity index (χ1n) is 15.2. The van der Waals surface area contributed by atoms with Crippen molar-refractivity contribution in [2.75, 3.05) is 32.3 Å². The number of benzene rings is 3. The molecule has 10 heteroatoms. The van der Waals surface area contributed by atoms with Crippen LogP contribution in [0.3, 0.4) is 0 Å². The maximum atomic E-state index is 14.0. The largest absolute Gasteiger partial charge is 0.467 e. The Morgan fingerprint density at radius 2 is 1.84 bits per heavy atom. The third-order valence-corrected chi connectivity index (χ3v) is 8.99. The lowest BCUT2D eigenvalue weighted by Gasteiger charge is -2.30. The van der Waals surface area contributed by atoms with Crippen molar-refractivity contribution in [2.24, 2.45) is 0 Å². The molecule has 2 N–H and O–H groups in total. The van der Waals surface area contributed by atoms with Gasteiger partial charge in [-0.05, 0) is 66.3 Å². The van der Waals surface area contributed by atoms with Crippen LogP contribution in [-0.2, 0) is 36.7 Å². The van der Waals surface area contributed by atoms with Crippen molar-refractivity contribution < 1.29 is 23.9 Å². The zero-order valence-electron chi connectivity index (χ0n) is 25.7. The molecule has 2 heterocycles. The van der Waals surface area contributed by atoms with E-state index in [-0.39, 0.29) is 18.8 Å². The SMILES string of the molecule is COC(=O)[C@@H](CCSC)NC(=O)C(Cc1ccccc1)OC[C@]1(C(=O)Cc2cncn2-c2ccc3ccccc3c2)CCCN1. The second-order valence-electron chi connectivity index (χ2n) is 11.4. The molecule has 0 aliphatic carbocycles. The molecule has 1 amide bonds. The van der Waals surface area contributed by atoms with Crippen LogP contribution < -0.4 is 10.6 Å². The van der Waals surface area contributed by atoms with Crippen LogP contribution in [0.2, 0.25) is 0 Å². The molecule has 9 nitrogen and oxygen atoms in total. The molecule has 236 valence electrons. The van der Waals surface area contributed by atoms with Gasteiger partial charge in [-0.1, -0.05) is 60.7 Å². The standard InChI is InChI=1S/C35H40N4O5S/c1-43-34(42)30(15-18-45-2)38-33(41)31(19-25-9-4-3-5-10-25)44-23-35(16-8-17-37-35)32(40)21-29-22-36-24-39(29)28-14-13-26-11-6-7-12-27(26)20-28/h3-7,9-14,20,22,24,30-31,37H,8,15-19,21,23H2,1-2H3,(H,38,41)/t30-,31?,35+/m1/s1. The Labute approximate surface area is 268 Å². The molecule has 1 saturated heterocycles. The summed E-state index contributed by atoms with van der Waals surface area (Å²) in [5.74, 6) is -0.246. The predicted octanol–water partition coefficient (Wildman–Crippen LogP) is 4.30. The lowest BCUT2D eigenvalue weighted by atomic mass is 9.90. The summed E-state index contributed by atoms with van der Waals surface area (Å²) in [6.45, 7) is 0.697. The number of esters is 1. The van der Waals surface area contributed by atoms with Crippen molar-refractivity contribution in [3.8, 4) is 5.69 Å². The van der Waals surface area contributed by atoms with E-state index >= 15 is 0 Å². The number of ether oxygens (including phenoxy) is 2. The Hall–Kier alpha value is -3.99. The van der Waals surface area contributed by atoms with Gasteiger partial charge in [-0.2, -0.15) is 11.8 Å². The number of carbonyl (C=O) groups excluding carboxylic acids is 3. The molecule has 1 unspecified atom stereocenters. The zero-order valence-corrected chi connectivity index (χ0v) is 26.6. The Morgan fingerprint density at radius 3 is 2.58 bits per heavy atom. The smallest absolute Gasteiger partial charge is 0.328 e. The Kier molecular flexibility index (Phi) is 11.0. The summed E-state index contributed by atoms with van der Waals surface area (Å²) in [5, 5.41) is 8.50. The molecular weight excluding hydrogens is 588 g/mol. The molecule has 1 fully saturated rings. The van der Waals surface area contributed by atoms with Gasteiger partial charge in [0.05, 0.1) is 26.5 Å². The predicted molar refractivity (Wildman–Crippen MR) is 177 cm³/mol. The van der Waals surface area contributed by atoms with E-state index in [2.05, 4.69) is 39.9 Å². The number of imidazole rings is 1. The molecule has 1 aromatic heterocycles. The number of ketones is 1. The highest BCUT2D eigenvalue weighted by atomic mass is 32.2. The quantitative estimate of drug-likeness (QED) is 0.188. The van der Waals surface area contributed by atoms with Crippen LogP contribution in [-0.4, -0.2) is 77.2 Å². The zero-order chi connectivity index (χ0) is 31.6. The number of methoxy groups -OCH3 is 1. The summed E-state index contributed by atoms with van der Waals surface area (Å²) < 4.78 is 13.2. The van der Waals surface area contributed by atoms with Crippen LogP contribution in [0.4, 0.5) is 0 Å². The van der Waals surface area contributed by atoms with E-state index in [4.69, 9.17) is 9.47 Å². The molecule has 1 aliphatic rings. The van der Waals surface area contributed by atoms with Gasteiger partial charge in [-0.25, -0.2) is 9.78 Å². The maximum absolute atomic E-state index is 14.0. The lowest BCUT2D eigenvalue weighted by molar-refractivity contribution is -0.147.